The van der Waals surface area contributed by atoms with Crippen molar-refractivity contribution in [2.75, 3.05) is 20.2 Å². The van der Waals surface area contributed by atoms with Crippen LogP contribution in [0.4, 0.5) is 0 Å². The summed E-state index contributed by atoms with van der Waals surface area (Å²) in [4.78, 5) is 14.4. The van der Waals surface area contributed by atoms with E-state index in [-0.39, 0.29) is 5.97 Å². The zero-order valence-electron chi connectivity index (χ0n) is 12.5. The molecule has 6 heteroatoms. The molecule has 2 aromatic heterocycles. The van der Waals surface area contributed by atoms with Crippen molar-refractivity contribution in [3.05, 3.63) is 29.7 Å². The van der Waals surface area contributed by atoms with Crippen LogP contribution >= 0.6 is 0 Å². The summed E-state index contributed by atoms with van der Waals surface area (Å²) in [6.07, 6.45) is 3.20. The molecule has 0 N–H and O–H groups in total. The number of likely N-dealkylation sites (tertiary alicyclic amines) is 1. The summed E-state index contributed by atoms with van der Waals surface area (Å²) >= 11 is 0. The largest absolute Gasteiger partial charge is 0.464 e. The van der Waals surface area contributed by atoms with E-state index in [0.717, 1.165) is 25.3 Å². The Hall–Kier alpha value is -1.95. The second kappa shape index (κ2) is 5.81. The molecule has 1 unspecified atom stereocenters. The van der Waals surface area contributed by atoms with Gasteiger partial charge in [0.25, 0.3) is 0 Å². The van der Waals surface area contributed by atoms with E-state index in [1.165, 1.54) is 20.0 Å². The lowest BCUT2D eigenvalue weighted by molar-refractivity contribution is 0.0591. The maximum Gasteiger partial charge on any atom is 0.355 e. The van der Waals surface area contributed by atoms with Gasteiger partial charge in [0.2, 0.25) is 0 Å². The molecule has 0 radical (unpaired) electrons. The molecule has 1 fully saturated rings. The molecular formula is C15H20N4O2. The molecule has 0 spiro atoms. The van der Waals surface area contributed by atoms with Crippen molar-refractivity contribution >= 4 is 11.6 Å². The zero-order chi connectivity index (χ0) is 14.8. The minimum absolute atomic E-state index is 0.361. The molecule has 2 aromatic rings. The summed E-state index contributed by atoms with van der Waals surface area (Å²) in [7, 11) is 1.39. The first kappa shape index (κ1) is 14.0. The van der Waals surface area contributed by atoms with Crippen LogP contribution < -0.4 is 0 Å². The third kappa shape index (κ3) is 2.51. The van der Waals surface area contributed by atoms with E-state index in [4.69, 9.17) is 4.74 Å². The summed E-state index contributed by atoms with van der Waals surface area (Å²) in [5.74, 6) is 0.469. The molecule has 0 amide bonds. The molecule has 0 aliphatic carbocycles. The number of rotatable bonds is 4. The van der Waals surface area contributed by atoms with Gasteiger partial charge in [-0.15, -0.1) is 10.2 Å². The third-order valence-corrected chi connectivity index (χ3v) is 4.21. The number of esters is 1. The average molecular weight is 288 g/mol. The van der Waals surface area contributed by atoms with Crippen LogP contribution in [0.3, 0.4) is 0 Å². The summed E-state index contributed by atoms with van der Waals surface area (Å²) < 4.78 is 6.67. The second-order valence-electron chi connectivity index (χ2n) is 5.34. The standard InChI is InChI=1S/C15H20N4O2/c1-3-18-9-5-6-11(18)10-14-17-16-13-8-4-7-12(19(13)14)15(20)21-2/h4,7-8,11H,3,5-6,9-10H2,1-2H3. The quantitative estimate of drug-likeness (QED) is 0.799. The summed E-state index contributed by atoms with van der Waals surface area (Å²) in [5.41, 5.74) is 1.17. The zero-order valence-corrected chi connectivity index (χ0v) is 12.5. The van der Waals surface area contributed by atoms with E-state index in [0.29, 0.717) is 17.4 Å². The van der Waals surface area contributed by atoms with Crippen molar-refractivity contribution in [2.24, 2.45) is 0 Å². The van der Waals surface area contributed by atoms with E-state index in [1.54, 1.807) is 12.1 Å². The predicted octanol–water partition coefficient (Wildman–Crippen LogP) is 1.54. The fraction of sp³-hybridized carbons (Fsp3) is 0.533. The number of hydrogen-bond donors (Lipinski definition) is 0. The minimum atomic E-state index is -0.361. The van der Waals surface area contributed by atoms with E-state index < -0.39 is 0 Å². The van der Waals surface area contributed by atoms with Crippen LogP contribution in [-0.2, 0) is 11.2 Å². The molecule has 21 heavy (non-hydrogen) atoms. The number of hydrogen-bond acceptors (Lipinski definition) is 5. The van der Waals surface area contributed by atoms with E-state index >= 15 is 0 Å². The normalized spacial score (nSPS) is 19.2. The summed E-state index contributed by atoms with van der Waals surface area (Å²) in [6, 6.07) is 5.88. The van der Waals surface area contributed by atoms with Crippen LogP contribution in [0, 0.1) is 0 Å². The molecule has 1 aliphatic heterocycles. The number of fused-ring (bicyclic) bond motifs is 1. The number of methoxy groups -OCH3 is 1. The Morgan fingerprint density at radius 3 is 3.05 bits per heavy atom. The maximum absolute atomic E-state index is 11.9. The van der Waals surface area contributed by atoms with E-state index in [1.807, 2.05) is 10.5 Å². The first-order chi connectivity index (χ1) is 10.2. The van der Waals surface area contributed by atoms with Gasteiger partial charge in [-0.2, -0.15) is 0 Å². The van der Waals surface area contributed by atoms with Gasteiger partial charge in [-0.05, 0) is 38.1 Å². The van der Waals surface area contributed by atoms with Crippen molar-refractivity contribution in [1.29, 1.82) is 0 Å². The van der Waals surface area contributed by atoms with E-state index in [9.17, 15) is 4.79 Å². The van der Waals surface area contributed by atoms with Crippen LogP contribution in [0.1, 0.15) is 36.1 Å². The van der Waals surface area contributed by atoms with Crippen molar-refractivity contribution < 1.29 is 9.53 Å². The van der Waals surface area contributed by atoms with Crippen molar-refractivity contribution in [1.82, 2.24) is 19.5 Å². The molecule has 3 heterocycles. The Morgan fingerprint density at radius 1 is 1.43 bits per heavy atom. The molecule has 0 aromatic carbocycles. The lowest BCUT2D eigenvalue weighted by Crippen LogP contribution is -2.31. The Kier molecular flexibility index (Phi) is 3.88. The number of aromatic nitrogens is 3. The number of carbonyl (C=O) groups excluding carboxylic acids is 1. The lowest BCUT2D eigenvalue weighted by Gasteiger charge is -2.21. The van der Waals surface area contributed by atoms with Gasteiger partial charge < -0.3 is 9.64 Å². The minimum Gasteiger partial charge on any atom is -0.464 e. The Labute approximate surface area is 123 Å². The second-order valence-corrected chi connectivity index (χ2v) is 5.34. The highest BCUT2D eigenvalue weighted by Crippen LogP contribution is 2.21. The van der Waals surface area contributed by atoms with Gasteiger partial charge in [-0.25, -0.2) is 4.79 Å². The van der Waals surface area contributed by atoms with Gasteiger partial charge in [-0.3, -0.25) is 4.40 Å². The topological polar surface area (TPSA) is 59.7 Å². The molecule has 1 aliphatic rings. The van der Waals surface area contributed by atoms with Crippen LogP contribution in [0.5, 0.6) is 0 Å². The molecule has 1 atom stereocenters. The first-order valence-electron chi connectivity index (χ1n) is 7.40. The number of pyridine rings is 1. The van der Waals surface area contributed by atoms with E-state index in [2.05, 4.69) is 22.0 Å². The molecular weight excluding hydrogens is 268 g/mol. The van der Waals surface area contributed by atoms with Gasteiger partial charge in [0.1, 0.15) is 11.5 Å². The Balaban J connectivity index is 1.97. The summed E-state index contributed by atoms with van der Waals surface area (Å²) in [6.45, 7) is 4.37. The van der Waals surface area contributed by atoms with Crippen molar-refractivity contribution in [2.45, 2.75) is 32.2 Å². The van der Waals surface area contributed by atoms with Crippen LogP contribution in [0.25, 0.3) is 5.65 Å². The van der Waals surface area contributed by atoms with Gasteiger partial charge in [0, 0.05) is 12.5 Å². The fourth-order valence-corrected chi connectivity index (χ4v) is 3.15. The number of ether oxygens (including phenoxy) is 1. The molecule has 112 valence electrons. The van der Waals surface area contributed by atoms with Crippen molar-refractivity contribution in [3.8, 4) is 0 Å². The number of likely N-dealkylation sites (N-methyl/N-ethyl adjacent to an activating group) is 1. The fourth-order valence-electron chi connectivity index (χ4n) is 3.15. The third-order valence-electron chi connectivity index (χ3n) is 4.21. The number of nitrogens with zero attached hydrogens (tertiary/aromatic N) is 4. The SMILES string of the molecule is CCN1CCCC1Cc1nnc2cccc(C(=O)OC)n12. The van der Waals surface area contributed by atoms with Gasteiger partial charge in [0.15, 0.2) is 5.65 Å². The highest BCUT2D eigenvalue weighted by molar-refractivity contribution is 5.88. The molecule has 0 saturated carbocycles. The Bertz CT molecular complexity index is 652. The molecule has 0 bridgehead atoms. The van der Waals surface area contributed by atoms with Crippen LogP contribution in [0.2, 0.25) is 0 Å². The highest BCUT2D eigenvalue weighted by atomic mass is 16.5. The highest BCUT2D eigenvalue weighted by Gasteiger charge is 2.26. The molecule has 3 rings (SSSR count). The Morgan fingerprint density at radius 2 is 2.29 bits per heavy atom. The number of carbonyl (C=O) groups is 1. The molecule has 1 saturated heterocycles. The van der Waals surface area contributed by atoms with Gasteiger partial charge >= 0.3 is 5.97 Å². The summed E-state index contributed by atoms with van der Waals surface area (Å²) in [5, 5.41) is 8.46. The maximum atomic E-state index is 11.9. The van der Waals surface area contributed by atoms with Gasteiger partial charge in [0.05, 0.1) is 7.11 Å². The first-order valence-corrected chi connectivity index (χ1v) is 7.40. The van der Waals surface area contributed by atoms with Crippen LogP contribution in [0.15, 0.2) is 18.2 Å². The predicted molar refractivity (Wildman–Crippen MR) is 78.3 cm³/mol. The van der Waals surface area contributed by atoms with Gasteiger partial charge in [-0.1, -0.05) is 13.0 Å². The smallest absolute Gasteiger partial charge is 0.355 e. The lowest BCUT2D eigenvalue weighted by atomic mass is 10.1. The molecule has 6 nitrogen and oxygen atoms in total. The van der Waals surface area contributed by atoms with Crippen LogP contribution in [-0.4, -0.2) is 51.7 Å². The van der Waals surface area contributed by atoms with Crippen molar-refractivity contribution in [3.63, 3.8) is 0 Å². The average Bonchev–Trinajstić information content (AvgIpc) is 3.13. The monoisotopic (exact) mass is 288 g/mol.